The minimum absolute atomic E-state index is 0.0134. The molecule has 1 N–H and O–H groups in total. The van der Waals surface area contributed by atoms with Gasteiger partial charge in [-0.25, -0.2) is 0 Å². The number of alkyl halides is 3. The van der Waals surface area contributed by atoms with Gasteiger partial charge >= 0.3 is 12.1 Å². The van der Waals surface area contributed by atoms with Crippen LogP contribution in [0.15, 0.2) is 0 Å². The molecule has 1 saturated carbocycles. The molecule has 24 heavy (non-hydrogen) atoms. The number of halogens is 3. The molecule has 0 aromatic heterocycles. The van der Waals surface area contributed by atoms with Crippen molar-refractivity contribution in [2.24, 2.45) is 11.8 Å². The summed E-state index contributed by atoms with van der Waals surface area (Å²) in [6.07, 6.45) is 0.534. The fourth-order valence-electron chi connectivity index (χ4n) is 3.98. The van der Waals surface area contributed by atoms with E-state index in [2.05, 4.69) is 0 Å². The number of likely N-dealkylation sites (tertiary alicyclic amines) is 1. The summed E-state index contributed by atoms with van der Waals surface area (Å²) >= 11 is 0. The van der Waals surface area contributed by atoms with E-state index in [1.54, 1.807) is 4.90 Å². The number of carbonyl (C=O) groups is 2. The van der Waals surface area contributed by atoms with Gasteiger partial charge in [0.1, 0.15) is 0 Å². The fraction of sp³-hybridized carbons (Fsp3) is 0.882. The molecule has 0 bridgehead atoms. The van der Waals surface area contributed by atoms with Crippen molar-refractivity contribution in [3.63, 3.8) is 0 Å². The van der Waals surface area contributed by atoms with Crippen LogP contribution in [0.25, 0.3) is 0 Å². The molecule has 0 radical (unpaired) electrons. The topological polar surface area (TPSA) is 57.6 Å². The lowest BCUT2D eigenvalue weighted by Gasteiger charge is -2.37. The number of aliphatic carboxylic acids is 1. The Hall–Kier alpha value is -1.27. The minimum Gasteiger partial charge on any atom is -0.481 e. The highest BCUT2D eigenvalue weighted by Gasteiger charge is 2.41. The third-order valence-electron chi connectivity index (χ3n) is 5.41. The van der Waals surface area contributed by atoms with E-state index < -0.39 is 18.1 Å². The third kappa shape index (κ3) is 5.38. The number of hydrogen-bond acceptors (Lipinski definition) is 2. The molecule has 2 aliphatic rings. The van der Waals surface area contributed by atoms with Crippen LogP contribution < -0.4 is 0 Å². The molecule has 1 aliphatic carbocycles. The summed E-state index contributed by atoms with van der Waals surface area (Å²) in [4.78, 5) is 25.1. The van der Waals surface area contributed by atoms with E-state index in [0.717, 1.165) is 19.3 Å². The standard InChI is InChI=1S/C17H26F3NO3/c18-17(19,20)13-6-4-12(5-7-13)11-15(22)21-10-2-1-3-14(21)8-9-16(23)24/h12-14H,1-11H2,(H,23,24). The van der Waals surface area contributed by atoms with Crippen molar-refractivity contribution >= 4 is 11.9 Å². The third-order valence-corrected chi connectivity index (χ3v) is 5.41. The Morgan fingerprint density at radius 1 is 1.04 bits per heavy atom. The van der Waals surface area contributed by atoms with Crippen LogP contribution in [0.1, 0.15) is 64.2 Å². The largest absolute Gasteiger partial charge is 0.481 e. The molecule has 0 spiro atoms. The molecule has 2 fully saturated rings. The second-order valence-corrected chi connectivity index (χ2v) is 7.13. The van der Waals surface area contributed by atoms with Crippen LogP contribution in [0.4, 0.5) is 13.2 Å². The molecular formula is C17H26F3NO3. The lowest BCUT2D eigenvalue weighted by Crippen LogP contribution is -2.44. The van der Waals surface area contributed by atoms with Gasteiger partial charge in [0.05, 0.1) is 5.92 Å². The first kappa shape index (κ1) is 19.1. The molecule has 1 unspecified atom stereocenters. The van der Waals surface area contributed by atoms with Crippen molar-refractivity contribution in [1.29, 1.82) is 0 Å². The number of piperidine rings is 1. The summed E-state index contributed by atoms with van der Waals surface area (Å²) in [5, 5.41) is 8.83. The molecule has 1 heterocycles. The highest BCUT2D eigenvalue weighted by Crippen LogP contribution is 2.40. The molecule has 0 aromatic rings. The molecule has 0 aromatic carbocycles. The normalized spacial score (nSPS) is 28.6. The van der Waals surface area contributed by atoms with E-state index >= 15 is 0 Å². The van der Waals surface area contributed by atoms with Crippen LogP contribution in [0.2, 0.25) is 0 Å². The number of nitrogens with zero attached hydrogens (tertiary/aromatic N) is 1. The van der Waals surface area contributed by atoms with Crippen LogP contribution in [0.3, 0.4) is 0 Å². The zero-order valence-electron chi connectivity index (χ0n) is 13.9. The van der Waals surface area contributed by atoms with Crippen molar-refractivity contribution in [2.75, 3.05) is 6.54 Å². The van der Waals surface area contributed by atoms with Gasteiger partial charge in [0.15, 0.2) is 0 Å². The van der Waals surface area contributed by atoms with Gasteiger partial charge in [0, 0.05) is 25.4 Å². The minimum atomic E-state index is -4.12. The average molecular weight is 349 g/mol. The lowest BCUT2D eigenvalue weighted by molar-refractivity contribution is -0.184. The van der Waals surface area contributed by atoms with E-state index in [9.17, 15) is 22.8 Å². The SMILES string of the molecule is O=C(O)CCC1CCCCN1C(=O)CC1CCC(C(F)(F)F)CC1. The highest BCUT2D eigenvalue weighted by molar-refractivity contribution is 5.77. The molecule has 1 amide bonds. The highest BCUT2D eigenvalue weighted by atomic mass is 19.4. The lowest BCUT2D eigenvalue weighted by atomic mass is 9.80. The Labute approximate surface area is 140 Å². The van der Waals surface area contributed by atoms with Gasteiger partial charge in [-0.2, -0.15) is 13.2 Å². The molecule has 7 heteroatoms. The number of hydrogen-bond donors (Lipinski definition) is 1. The van der Waals surface area contributed by atoms with E-state index in [1.165, 1.54) is 0 Å². The van der Waals surface area contributed by atoms with Crippen molar-refractivity contribution in [2.45, 2.75) is 76.4 Å². The second-order valence-electron chi connectivity index (χ2n) is 7.13. The predicted octanol–water partition coefficient (Wildman–Crippen LogP) is 3.99. The summed E-state index contributed by atoms with van der Waals surface area (Å²) in [6.45, 7) is 0.640. The number of rotatable bonds is 5. The smallest absolute Gasteiger partial charge is 0.391 e. The van der Waals surface area contributed by atoms with Crippen LogP contribution in [-0.4, -0.2) is 40.6 Å². The first-order chi connectivity index (χ1) is 11.3. The predicted molar refractivity (Wildman–Crippen MR) is 82.3 cm³/mol. The zero-order chi connectivity index (χ0) is 17.7. The molecule has 4 nitrogen and oxygen atoms in total. The first-order valence-corrected chi connectivity index (χ1v) is 8.85. The Morgan fingerprint density at radius 2 is 1.71 bits per heavy atom. The van der Waals surface area contributed by atoms with Crippen molar-refractivity contribution in [3.8, 4) is 0 Å². The van der Waals surface area contributed by atoms with Crippen LogP contribution >= 0.6 is 0 Å². The van der Waals surface area contributed by atoms with Gasteiger partial charge < -0.3 is 10.0 Å². The summed E-state index contributed by atoms with van der Waals surface area (Å²) in [5.41, 5.74) is 0. The molecular weight excluding hydrogens is 323 g/mol. The van der Waals surface area contributed by atoms with E-state index in [-0.39, 0.29) is 37.1 Å². The maximum atomic E-state index is 12.7. The van der Waals surface area contributed by atoms with Crippen LogP contribution in [-0.2, 0) is 9.59 Å². The molecule has 2 rings (SSSR count). The van der Waals surface area contributed by atoms with Gasteiger partial charge in [0.25, 0.3) is 0 Å². The quantitative estimate of drug-likeness (QED) is 0.816. The van der Waals surface area contributed by atoms with E-state index in [0.29, 0.717) is 32.2 Å². The van der Waals surface area contributed by atoms with Crippen molar-refractivity contribution in [1.82, 2.24) is 4.90 Å². The summed E-state index contributed by atoms with van der Waals surface area (Å²) in [7, 11) is 0. The number of carbonyl (C=O) groups excluding carboxylic acids is 1. The van der Waals surface area contributed by atoms with E-state index in [1.807, 2.05) is 0 Å². The monoisotopic (exact) mass is 349 g/mol. The van der Waals surface area contributed by atoms with Gasteiger partial charge in [-0.05, 0) is 57.3 Å². The zero-order valence-corrected chi connectivity index (χ0v) is 13.9. The maximum Gasteiger partial charge on any atom is 0.391 e. The van der Waals surface area contributed by atoms with Gasteiger partial charge in [-0.3, -0.25) is 9.59 Å². The Balaban J connectivity index is 1.83. The average Bonchev–Trinajstić information content (AvgIpc) is 2.52. The number of amides is 1. The number of carboxylic acid groups (broad SMARTS) is 1. The Morgan fingerprint density at radius 3 is 2.29 bits per heavy atom. The first-order valence-electron chi connectivity index (χ1n) is 8.85. The Bertz CT molecular complexity index is 445. The van der Waals surface area contributed by atoms with Crippen molar-refractivity contribution in [3.05, 3.63) is 0 Å². The summed E-state index contributed by atoms with van der Waals surface area (Å²) in [6, 6.07) is -0.0335. The molecule has 1 atom stereocenters. The Kier molecular flexibility index (Phi) is 6.52. The van der Waals surface area contributed by atoms with Crippen molar-refractivity contribution < 1.29 is 27.9 Å². The molecule has 138 valence electrons. The summed E-state index contributed by atoms with van der Waals surface area (Å²) < 4.78 is 38.1. The maximum absolute atomic E-state index is 12.7. The van der Waals surface area contributed by atoms with Gasteiger partial charge in [0.2, 0.25) is 5.91 Å². The fourth-order valence-corrected chi connectivity index (χ4v) is 3.98. The van der Waals surface area contributed by atoms with E-state index in [4.69, 9.17) is 5.11 Å². The van der Waals surface area contributed by atoms with Gasteiger partial charge in [-0.1, -0.05) is 0 Å². The van der Waals surface area contributed by atoms with Crippen LogP contribution in [0.5, 0.6) is 0 Å². The summed E-state index contributed by atoms with van der Waals surface area (Å²) in [5.74, 6) is -2.07. The van der Waals surface area contributed by atoms with Gasteiger partial charge in [-0.15, -0.1) is 0 Å². The molecule has 1 saturated heterocycles. The number of carboxylic acids is 1. The van der Waals surface area contributed by atoms with Crippen LogP contribution in [0, 0.1) is 11.8 Å². The molecule has 1 aliphatic heterocycles. The second kappa shape index (κ2) is 8.21.